The van der Waals surface area contributed by atoms with Gasteiger partial charge in [-0.05, 0) is 39.7 Å². The van der Waals surface area contributed by atoms with E-state index in [2.05, 4.69) is 21.2 Å². The second kappa shape index (κ2) is 7.07. The SMILES string of the molecule is O=C(/C=C/c1ccc(Br)o1)NCC(O)c1ccccc1. The van der Waals surface area contributed by atoms with E-state index in [1.807, 2.05) is 30.3 Å². The maximum absolute atomic E-state index is 11.6. The Morgan fingerprint density at radius 2 is 2.05 bits per heavy atom. The summed E-state index contributed by atoms with van der Waals surface area (Å²) in [5.74, 6) is 0.295. The summed E-state index contributed by atoms with van der Waals surface area (Å²) in [7, 11) is 0. The summed E-state index contributed by atoms with van der Waals surface area (Å²) in [6, 6.07) is 12.7. The number of aliphatic hydroxyl groups excluding tert-OH is 1. The Hall–Kier alpha value is -1.85. The standard InChI is InChI=1S/C15H14BrNO3/c16-14-8-6-12(20-14)7-9-15(19)17-10-13(18)11-4-2-1-3-5-11/h1-9,13,18H,10H2,(H,17,19)/b9-7+. The largest absolute Gasteiger partial charge is 0.450 e. The molecule has 2 aromatic rings. The Kier molecular flexibility index (Phi) is 5.15. The third-order valence-corrected chi connectivity index (χ3v) is 3.07. The molecule has 0 fully saturated rings. The topological polar surface area (TPSA) is 62.5 Å². The molecule has 0 aliphatic carbocycles. The van der Waals surface area contributed by atoms with Crippen molar-refractivity contribution in [2.45, 2.75) is 6.10 Å². The molecule has 0 aliphatic rings. The van der Waals surface area contributed by atoms with Crippen LogP contribution in [0.5, 0.6) is 0 Å². The second-order valence-electron chi connectivity index (χ2n) is 4.15. The fraction of sp³-hybridized carbons (Fsp3) is 0.133. The number of halogens is 1. The normalized spacial score (nSPS) is 12.5. The molecule has 1 heterocycles. The van der Waals surface area contributed by atoms with Gasteiger partial charge in [-0.3, -0.25) is 4.79 Å². The molecule has 2 N–H and O–H groups in total. The lowest BCUT2D eigenvalue weighted by atomic mass is 10.1. The van der Waals surface area contributed by atoms with Crippen molar-refractivity contribution in [2.24, 2.45) is 0 Å². The molecule has 0 spiro atoms. The number of carbonyl (C=O) groups is 1. The van der Waals surface area contributed by atoms with E-state index >= 15 is 0 Å². The molecule has 1 unspecified atom stereocenters. The number of nitrogens with one attached hydrogen (secondary N) is 1. The summed E-state index contributed by atoms with van der Waals surface area (Å²) < 4.78 is 5.84. The van der Waals surface area contributed by atoms with Crippen LogP contribution in [0.4, 0.5) is 0 Å². The van der Waals surface area contributed by atoms with Crippen LogP contribution < -0.4 is 5.32 Å². The van der Waals surface area contributed by atoms with Gasteiger partial charge in [0.25, 0.3) is 0 Å². The molecule has 2 rings (SSSR count). The molecule has 0 saturated carbocycles. The van der Waals surface area contributed by atoms with Crippen LogP contribution in [0.25, 0.3) is 6.08 Å². The number of carbonyl (C=O) groups excluding carboxylic acids is 1. The molecule has 1 aromatic heterocycles. The van der Waals surface area contributed by atoms with E-state index in [-0.39, 0.29) is 12.5 Å². The van der Waals surface area contributed by atoms with E-state index in [0.717, 1.165) is 5.56 Å². The minimum absolute atomic E-state index is 0.162. The number of hydrogen-bond acceptors (Lipinski definition) is 3. The first-order chi connectivity index (χ1) is 9.65. The number of hydrogen-bond donors (Lipinski definition) is 2. The van der Waals surface area contributed by atoms with Crippen molar-refractivity contribution in [3.63, 3.8) is 0 Å². The molecular weight excluding hydrogens is 322 g/mol. The molecular formula is C15H14BrNO3. The summed E-state index contributed by atoms with van der Waals surface area (Å²) in [6.45, 7) is 0.162. The number of rotatable bonds is 5. The predicted octanol–water partition coefficient (Wildman–Crippen LogP) is 2.91. The van der Waals surface area contributed by atoms with Gasteiger partial charge >= 0.3 is 0 Å². The smallest absolute Gasteiger partial charge is 0.244 e. The molecule has 0 radical (unpaired) electrons. The lowest BCUT2D eigenvalue weighted by Gasteiger charge is -2.10. The Labute approximate surface area is 125 Å². The van der Waals surface area contributed by atoms with E-state index in [1.54, 1.807) is 18.2 Å². The third-order valence-electron chi connectivity index (χ3n) is 2.65. The van der Waals surface area contributed by atoms with Crippen molar-refractivity contribution in [1.29, 1.82) is 0 Å². The van der Waals surface area contributed by atoms with Crippen LogP contribution in [0.15, 0.2) is 57.6 Å². The molecule has 1 atom stereocenters. The van der Waals surface area contributed by atoms with E-state index in [4.69, 9.17) is 4.42 Å². The van der Waals surface area contributed by atoms with E-state index < -0.39 is 6.10 Å². The lowest BCUT2D eigenvalue weighted by Crippen LogP contribution is -2.26. The van der Waals surface area contributed by atoms with Gasteiger partial charge in [-0.15, -0.1) is 0 Å². The van der Waals surface area contributed by atoms with Crippen LogP contribution in [0.1, 0.15) is 17.4 Å². The molecule has 0 bridgehead atoms. The highest BCUT2D eigenvalue weighted by Gasteiger charge is 2.07. The van der Waals surface area contributed by atoms with Gasteiger partial charge in [-0.2, -0.15) is 0 Å². The third kappa shape index (κ3) is 4.36. The zero-order chi connectivity index (χ0) is 14.4. The summed E-state index contributed by atoms with van der Waals surface area (Å²) in [4.78, 5) is 11.6. The first-order valence-electron chi connectivity index (χ1n) is 6.09. The van der Waals surface area contributed by atoms with Gasteiger partial charge in [-0.25, -0.2) is 0 Å². The number of benzene rings is 1. The molecule has 20 heavy (non-hydrogen) atoms. The van der Waals surface area contributed by atoms with Crippen molar-refractivity contribution >= 4 is 27.9 Å². The average molecular weight is 336 g/mol. The zero-order valence-corrected chi connectivity index (χ0v) is 12.2. The lowest BCUT2D eigenvalue weighted by molar-refractivity contribution is -0.116. The highest BCUT2D eigenvalue weighted by Crippen LogP contribution is 2.15. The summed E-state index contributed by atoms with van der Waals surface area (Å²) in [6.07, 6.45) is 2.21. The van der Waals surface area contributed by atoms with E-state index in [0.29, 0.717) is 10.4 Å². The fourth-order valence-electron chi connectivity index (χ4n) is 1.62. The van der Waals surface area contributed by atoms with E-state index in [9.17, 15) is 9.90 Å². The van der Waals surface area contributed by atoms with Crippen LogP contribution in [0.3, 0.4) is 0 Å². The quantitative estimate of drug-likeness (QED) is 0.826. The van der Waals surface area contributed by atoms with Crippen molar-refractivity contribution in [3.05, 3.63) is 64.5 Å². The highest BCUT2D eigenvalue weighted by atomic mass is 79.9. The Bertz CT molecular complexity index is 592. The zero-order valence-electron chi connectivity index (χ0n) is 10.6. The monoisotopic (exact) mass is 335 g/mol. The van der Waals surface area contributed by atoms with Gasteiger partial charge in [0.15, 0.2) is 4.67 Å². The molecule has 1 aromatic carbocycles. The van der Waals surface area contributed by atoms with Crippen LogP contribution in [-0.2, 0) is 4.79 Å². The van der Waals surface area contributed by atoms with Gasteiger partial charge < -0.3 is 14.8 Å². The van der Waals surface area contributed by atoms with Gasteiger partial charge in [0, 0.05) is 12.6 Å². The van der Waals surface area contributed by atoms with Gasteiger partial charge in [-0.1, -0.05) is 30.3 Å². The Morgan fingerprint density at radius 1 is 1.30 bits per heavy atom. The van der Waals surface area contributed by atoms with Crippen molar-refractivity contribution < 1.29 is 14.3 Å². The molecule has 4 nitrogen and oxygen atoms in total. The minimum atomic E-state index is -0.716. The summed E-state index contributed by atoms with van der Waals surface area (Å²) in [5, 5.41) is 12.5. The van der Waals surface area contributed by atoms with Crippen LogP contribution in [-0.4, -0.2) is 17.6 Å². The Balaban J connectivity index is 1.82. The number of aliphatic hydroxyl groups is 1. The van der Waals surface area contributed by atoms with Crippen molar-refractivity contribution in [3.8, 4) is 0 Å². The Morgan fingerprint density at radius 3 is 2.70 bits per heavy atom. The molecule has 5 heteroatoms. The van der Waals surface area contributed by atoms with Gasteiger partial charge in [0.1, 0.15) is 5.76 Å². The maximum atomic E-state index is 11.6. The van der Waals surface area contributed by atoms with Crippen molar-refractivity contribution in [2.75, 3.05) is 6.54 Å². The highest BCUT2D eigenvalue weighted by molar-refractivity contribution is 9.10. The first-order valence-corrected chi connectivity index (χ1v) is 6.89. The average Bonchev–Trinajstić information content (AvgIpc) is 2.89. The van der Waals surface area contributed by atoms with Crippen LogP contribution in [0.2, 0.25) is 0 Å². The summed E-state index contributed by atoms with van der Waals surface area (Å²) in [5.41, 5.74) is 0.770. The van der Waals surface area contributed by atoms with Gasteiger partial charge in [0.05, 0.1) is 6.10 Å². The number of furan rings is 1. The second-order valence-corrected chi connectivity index (χ2v) is 4.93. The molecule has 1 amide bonds. The maximum Gasteiger partial charge on any atom is 0.244 e. The number of amides is 1. The first kappa shape index (κ1) is 14.6. The van der Waals surface area contributed by atoms with E-state index in [1.165, 1.54) is 6.08 Å². The predicted molar refractivity (Wildman–Crippen MR) is 79.9 cm³/mol. The molecule has 104 valence electrons. The van der Waals surface area contributed by atoms with Gasteiger partial charge in [0.2, 0.25) is 5.91 Å². The van der Waals surface area contributed by atoms with Crippen molar-refractivity contribution in [1.82, 2.24) is 5.32 Å². The molecule has 0 saturated heterocycles. The summed E-state index contributed by atoms with van der Waals surface area (Å²) >= 11 is 3.18. The van der Waals surface area contributed by atoms with Crippen LogP contribution in [0, 0.1) is 0 Å². The van der Waals surface area contributed by atoms with Crippen LogP contribution >= 0.6 is 15.9 Å². The molecule has 0 aliphatic heterocycles. The minimum Gasteiger partial charge on any atom is -0.450 e. The fourth-order valence-corrected chi connectivity index (χ4v) is 1.94.